The molecule has 28 heavy (non-hydrogen) atoms. The highest BCUT2D eigenvalue weighted by atomic mass is 35.5. The summed E-state index contributed by atoms with van der Waals surface area (Å²) in [5.41, 5.74) is 2.95. The Bertz CT molecular complexity index is 1100. The minimum Gasteiger partial charge on any atom is -0.457 e. The quantitative estimate of drug-likeness (QED) is 0.448. The number of benzene rings is 2. The summed E-state index contributed by atoms with van der Waals surface area (Å²) in [6.07, 6.45) is 3.83. The Kier molecular flexibility index (Phi) is 5.39. The van der Waals surface area contributed by atoms with Gasteiger partial charge in [-0.25, -0.2) is 0 Å². The van der Waals surface area contributed by atoms with E-state index in [4.69, 9.17) is 20.9 Å². The SMILES string of the molecule is O=C(CCCc1c[nH]c2ccccc12)OCc1noc(-c2ccccc2Cl)n1. The fourth-order valence-corrected chi connectivity index (χ4v) is 3.25. The average molecular weight is 396 g/mol. The molecule has 2 aromatic heterocycles. The first kappa shape index (κ1) is 18.3. The van der Waals surface area contributed by atoms with Gasteiger partial charge in [0.25, 0.3) is 5.89 Å². The van der Waals surface area contributed by atoms with Crippen molar-refractivity contribution < 1.29 is 14.1 Å². The van der Waals surface area contributed by atoms with Crippen molar-refractivity contribution in [2.24, 2.45) is 0 Å². The number of aryl methyl sites for hydroxylation is 1. The van der Waals surface area contributed by atoms with Gasteiger partial charge in [0.2, 0.25) is 5.82 Å². The molecule has 0 radical (unpaired) electrons. The van der Waals surface area contributed by atoms with Crippen molar-refractivity contribution in [1.29, 1.82) is 0 Å². The van der Waals surface area contributed by atoms with Gasteiger partial charge >= 0.3 is 5.97 Å². The number of nitrogens with one attached hydrogen (secondary N) is 1. The lowest BCUT2D eigenvalue weighted by atomic mass is 10.1. The number of para-hydroxylation sites is 1. The van der Waals surface area contributed by atoms with Gasteiger partial charge < -0.3 is 14.2 Å². The maximum Gasteiger partial charge on any atom is 0.306 e. The van der Waals surface area contributed by atoms with Crippen LogP contribution in [-0.4, -0.2) is 21.1 Å². The zero-order chi connectivity index (χ0) is 19.3. The first-order valence-corrected chi connectivity index (χ1v) is 9.36. The first-order chi connectivity index (χ1) is 13.7. The van der Waals surface area contributed by atoms with Crippen LogP contribution in [0.5, 0.6) is 0 Å². The Morgan fingerprint density at radius 2 is 1.96 bits per heavy atom. The highest BCUT2D eigenvalue weighted by Gasteiger charge is 2.13. The fraction of sp³-hybridized carbons (Fsp3) is 0.190. The van der Waals surface area contributed by atoms with Crippen LogP contribution in [0.15, 0.2) is 59.3 Å². The number of carbonyl (C=O) groups is 1. The highest BCUT2D eigenvalue weighted by Crippen LogP contribution is 2.26. The Labute approximate surface area is 166 Å². The van der Waals surface area contributed by atoms with Gasteiger partial charge in [-0.2, -0.15) is 4.98 Å². The molecule has 0 aliphatic heterocycles. The van der Waals surface area contributed by atoms with E-state index in [1.807, 2.05) is 36.5 Å². The number of halogens is 1. The van der Waals surface area contributed by atoms with Crippen LogP contribution < -0.4 is 0 Å². The lowest BCUT2D eigenvalue weighted by Gasteiger charge is -2.02. The number of hydrogen-bond acceptors (Lipinski definition) is 5. The Balaban J connectivity index is 1.26. The number of nitrogens with zero attached hydrogens (tertiary/aromatic N) is 2. The molecule has 2 aromatic carbocycles. The van der Waals surface area contributed by atoms with E-state index in [0.29, 0.717) is 35.1 Å². The van der Waals surface area contributed by atoms with Crippen LogP contribution in [0.4, 0.5) is 0 Å². The van der Waals surface area contributed by atoms with Crippen LogP contribution >= 0.6 is 11.6 Å². The lowest BCUT2D eigenvalue weighted by molar-refractivity contribution is -0.145. The van der Waals surface area contributed by atoms with Crippen LogP contribution in [-0.2, 0) is 22.6 Å². The third-order valence-corrected chi connectivity index (χ3v) is 4.77. The summed E-state index contributed by atoms with van der Waals surface area (Å²) in [4.78, 5) is 19.5. The third kappa shape index (κ3) is 4.07. The molecule has 142 valence electrons. The van der Waals surface area contributed by atoms with Crippen molar-refractivity contribution in [3.8, 4) is 11.5 Å². The smallest absolute Gasteiger partial charge is 0.306 e. The van der Waals surface area contributed by atoms with Crippen molar-refractivity contribution >= 4 is 28.5 Å². The van der Waals surface area contributed by atoms with Gasteiger partial charge in [0, 0.05) is 23.5 Å². The average Bonchev–Trinajstić information content (AvgIpc) is 3.34. The maximum atomic E-state index is 12.0. The molecule has 0 aliphatic rings. The number of H-pyrrole nitrogens is 1. The van der Waals surface area contributed by atoms with Gasteiger partial charge in [0.1, 0.15) is 0 Å². The summed E-state index contributed by atoms with van der Waals surface area (Å²) in [5, 5.41) is 5.54. The second-order valence-corrected chi connectivity index (χ2v) is 6.78. The zero-order valence-electron chi connectivity index (χ0n) is 15.0. The minimum absolute atomic E-state index is 0.0279. The molecule has 6 nitrogen and oxygen atoms in total. The van der Waals surface area contributed by atoms with Crippen LogP contribution in [0, 0.1) is 0 Å². The maximum absolute atomic E-state index is 12.0. The van der Waals surface area contributed by atoms with E-state index in [1.54, 1.807) is 12.1 Å². The molecule has 2 heterocycles. The van der Waals surface area contributed by atoms with E-state index in [9.17, 15) is 4.79 Å². The molecule has 4 rings (SSSR count). The molecule has 0 bridgehead atoms. The number of ether oxygens (including phenoxy) is 1. The van der Waals surface area contributed by atoms with Crippen molar-refractivity contribution in [1.82, 2.24) is 15.1 Å². The Morgan fingerprint density at radius 1 is 1.14 bits per heavy atom. The molecular weight excluding hydrogens is 378 g/mol. The van der Waals surface area contributed by atoms with E-state index in [1.165, 1.54) is 10.9 Å². The van der Waals surface area contributed by atoms with E-state index >= 15 is 0 Å². The van der Waals surface area contributed by atoms with Gasteiger partial charge in [0.15, 0.2) is 6.61 Å². The van der Waals surface area contributed by atoms with Gasteiger partial charge in [-0.15, -0.1) is 0 Å². The highest BCUT2D eigenvalue weighted by molar-refractivity contribution is 6.33. The number of aromatic nitrogens is 3. The molecular formula is C21H18ClN3O3. The van der Waals surface area contributed by atoms with Crippen LogP contribution in [0.2, 0.25) is 5.02 Å². The van der Waals surface area contributed by atoms with Crippen molar-refractivity contribution in [2.45, 2.75) is 25.9 Å². The molecule has 1 N–H and O–H groups in total. The number of rotatable bonds is 7. The number of aromatic amines is 1. The molecule has 7 heteroatoms. The monoisotopic (exact) mass is 395 g/mol. The second kappa shape index (κ2) is 8.27. The largest absolute Gasteiger partial charge is 0.457 e. The summed E-state index contributed by atoms with van der Waals surface area (Å²) >= 11 is 6.12. The molecule has 4 aromatic rings. The van der Waals surface area contributed by atoms with Crippen LogP contribution in [0.3, 0.4) is 0 Å². The van der Waals surface area contributed by atoms with Crippen LogP contribution in [0.1, 0.15) is 24.2 Å². The van der Waals surface area contributed by atoms with Crippen molar-refractivity contribution in [3.63, 3.8) is 0 Å². The lowest BCUT2D eigenvalue weighted by Crippen LogP contribution is -2.05. The van der Waals surface area contributed by atoms with Gasteiger partial charge in [-0.05, 0) is 36.6 Å². The standard InChI is InChI=1S/C21H18ClN3O3/c22-17-9-3-1-8-16(17)21-24-19(25-28-21)13-27-20(26)11-5-6-14-12-23-18-10-4-2-7-15(14)18/h1-4,7-10,12,23H,5-6,11,13H2. The number of esters is 1. The van der Waals surface area contributed by atoms with E-state index in [2.05, 4.69) is 21.2 Å². The summed E-state index contributed by atoms with van der Waals surface area (Å²) in [6.45, 7) is -0.0279. The number of hydrogen-bond donors (Lipinski definition) is 1. The molecule has 0 amide bonds. The number of fused-ring (bicyclic) bond motifs is 1. The minimum atomic E-state index is -0.288. The molecule has 0 spiro atoms. The summed E-state index contributed by atoms with van der Waals surface area (Å²) < 4.78 is 10.4. The van der Waals surface area contributed by atoms with Gasteiger partial charge in [0.05, 0.1) is 10.6 Å². The van der Waals surface area contributed by atoms with Crippen molar-refractivity contribution in [3.05, 3.63) is 71.1 Å². The normalized spacial score (nSPS) is 11.0. The molecule has 0 saturated heterocycles. The Hall–Kier alpha value is -3.12. The zero-order valence-corrected chi connectivity index (χ0v) is 15.8. The van der Waals surface area contributed by atoms with E-state index < -0.39 is 0 Å². The topological polar surface area (TPSA) is 81.0 Å². The summed E-state index contributed by atoms with van der Waals surface area (Å²) in [5.74, 6) is 0.319. The number of carbonyl (C=O) groups excluding carboxylic acids is 1. The van der Waals surface area contributed by atoms with Gasteiger partial charge in [-0.1, -0.05) is 47.1 Å². The molecule has 0 atom stereocenters. The van der Waals surface area contributed by atoms with E-state index in [0.717, 1.165) is 11.9 Å². The first-order valence-electron chi connectivity index (χ1n) is 8.99. The van der Waals surface area contributed by atoms with Crippen LogP contribution in [0.25, 0.3) is 22.4 Å². The summed E-state index contributed by atoms with van der Waals surface area (Å²) in [6, 6.07) is 15.3. The van der Waals surface area contributed by atoms with Crippen molar-refractivity contribution in [2.75, 3.05) is 0 Å². The fourth-order valence-electron chi connectivity index (χ4n) is 3.04. The third-order valence-electron chi connectivity index (χ3n) is 4.44. The predicted octanol–water partition coefficient (Wildman–Crippen LogP) is 4.94. The molecule has 0 unspecified atom stereocenters. The van der Waals surface area contributed by atoms with E-state index in [-0.39, 0.29) is 12.6 Å². The second-order valence-electron chi connectivity index (χ2n) is 6.37. The molecule has 0 aliphatic carbocycles. The Morgan fingerprint density at radius 3 is 2.86 bits per heavy atom. The van der Waals surface area contributed by atoms with Gasteiger partial charge in [-0.3, -0.25) is 4.79 Å². The molecule has 0 saturated carbocycles. The molecule has 0 fully saturated rings. The summed E-state index contributed by atoms with van der Waals surface area (Å²) in [7, 11) is 0. The predicted molar refractivity (Wildman–Crippen MR) is 106 cm³/mol.